The molecule has 0 bridgehead atoms. The molecule has 2 saturated heterocycles. The molecule has 0 amide bonds. The first-order valence-corrected chi connectivity index (χ1v) is 10.5. The molecule has 2 aliphatic heterocycles. The van der Waals surface area contributed by atoms with Crippen LogP contribution in [0.25, 0.3) is 5.65 Å². The predicted octanol–water partition coefficient (Wildman–Crippen LogP) is 1.83. The number of aromatic nitrogens is 2. The van der Waals surface area contributed by atoms with Crippen molar-refractivity contribution in [3.8, 4) is 0 Å². The van der Waals surface area contributed by atoms with Crippen molar-refractivity contribution in [3.05, 3.63) is 40.8 Å². The number of hydrogen-bond acceptors (Lipinski definition) is 5. The van der Waals surface area contributed by atoms with E-state index in [-0.39, 0.29) is 5.56 Å². The number of anilines is 1. The first-order chi connectivity index (χ1) is 13.3. The molecule has 3 aliphatic rings. The summed E-state index contributed by atoms with van der Waals surface area (Å²) >= 11 is 0. The lowest BCUT2D eigenvalue weighted by Crippen LogP contribution is -2.64. The van der Waals surface area contributed by atoms with Crippen LogP contribution in [0.4, 0.5) is 5.82 Å². The molecule has 2 aromatic rings. The van der Waals surface area contributed by atoms with Gasteiger partial charge in [0.25, 0.3) is 5.56 Å². The van der Waals surface area contributed by atoms with Gasteiger partial charge in [0.15, 0.2) is 0 Å². The van der Waals surface area contributed by atoms with Crippen molar-refractivity contribution in [1.29, 1.82) is 0 Å². The first kappa shape index (κ1) is 17.2. The fraction of sp³-hybridized carbons (Fsp3) is 0.619. The Balaban J connectivity index is 1.17. The van der Waals surface area contributed by atoms with Gasteiger partial charge in [-0.15, -0.1) is 0 Å². The molecule has 0 spiro atoms. The van der Waals surface area contributed by atoms with Crippen LogP contribution in [-0.2, 0) is 0 Å². The van der Waals surface area contributed by atoms with Gasteiger partial charge in [-0.1, -0.05) is 25.3 Å². The second-order valence-corrected chi connectivity index (χ2v) is 8.30. The van der Waals surface area contributed by atoms with Gasteiger partial charge in [0, 0.05) is 63.6 Å². The molecule has 1 aliphatic carbocycles. The normalized spacial score (nSPS) is 23.6. The van der Waals surface area contributed by atoms with Gasteiger partial charge in [-0.25, -0.2) is 4.98 Å². The van der Waals surface area contributed by atoms with Crippen LogP contribution in [0.3, 0.4) is 0 Å². The Morgan fingerprint density at radius 2 is 1.59 bits per heavy atom. The smallest absolute Gasteiger partial charge is 0.259 e. The largest absolute Gasteiger partial charge is 0.353 e. The van der Waals surface area contributed by atoms with Crippen molar-refractivity contribution in [1.82, 2.24) is 19.2 Å². The summed E-state index contributed by atoms with van der Waals surface area (Å²) in [6.45, 7) is 6.77. The van der Waals surface area contributed by atoms with E-state index in [0.29, 0.717) is 6.04 Å². The summed E-state index contributed by atoms with van der Waals surface area (Å²) in [5.74, 6) is 0.822. The zero-order valence-electron chi connectivity index (χ0n) is 16.0. The van der Waals surface area contributed by atoms with E-state index >= 15 is 0 Å². The van der Waals surface area contributed by atoms with Crippen LogP contribution in [0.15, 0.2) is 35.3 Å². The fourth-order valence-corrected chi connectivity index (χ4v) is 4.99. The Labute approximate surface area is 160 Å². The highest BCUT2D eigenvalue weighted by atomic mass is 16.1. The maximum atomic E-state index is 12.3. The van der Waals surface area contributed by atoms with Crippen molar-refractivity contribution in [3.63, 3.8) is 0 Å². The van der Waals surface area contributed by atoms with E-state index in [1.165, 1.54) is 58.3 Å². The van der Waals surface area contributed by atoms with Gasteiger partial charge < -0.3 is 4.90 Å². The second kappa shape index (κ2) is 7.24. The number of hydrogen-bond donors (Lipinski definition) is 0. The lowest BCUT2D eigenvalue weighted by atomic mass is 9.93. The SMILES string of the molecule is O=c1cc(N2CC(N3CCN(C4CCCCC4)CC3)C2)nc2ccccn12. The predicted molar refractivity (Wildman–Crippen MR) is 107 cm³/mol. The number of rotatable bonds is 3. The number of piperazine rings is 1. The minimum Gasteiger partial charge on any atom is -0.353 e. The molecule has 0 atom stereocenters. The second-order valence-electron chi connectivity index (χ2n) is 8.30. The van der Waals surface area contributed by atoms with Crippen LogP contribution in [-0.4, -0.2) is 70.5 Å². The Morgan fingerprint density at radius 1 is 0.889 bits per heavy atom. The third-order valence-corrected chi connectivity index (χ3v) is 6.70. The minimum atomic E-state index is 0.000135. The van der Waals surface area contributed by atoms with Gasteiger partial charge in [-0.05, 0) is 25.0 Å². The number of nitrogens with zero attached hydrogens (tertiary/aromatic N) is 5. The maximum absolute atomic E-state index is 12.3. The molecule has 3 fully saturated rings. The third kappa shape index (κ3) is 3.36. The van der Waals surface area contributed by atoms with E-state index < -0.39 is 0 Å². The van der Waals surface area contributed by atoms with Gasteiger partial charge in [0.05, 0.1) is 0 Å². The van der Waals surface area contributed by atoms with Gasteiger partial charge in [-0.3, -0.25) is 19.0 Å². The topological polar surface area (TPSA) is 44.1 Å². The van der Waals surface area contributed by atoms with E-state index in [1.807, 2.05) is 18.2 Å². The monoisotopic (exact) mass is 367 g/mol. The minimum absolute atomic E-state index is 0.000135. The highest BCUT2D eigenvalue weighted by Crippen LogP contribution is 2.26. The van der Waals surface area contributed by atoms with Crippen molar-refractivity contribution in [2.24, 2.45) is 0 Å². The Morgan fingerprint density at radius 3 is 2.33 bits per heavy atom. The van der Waals surface area contributed by atoms with E-state index in [2.05, 4.69) is 19.7 Å². The van der Waals surface area contributed by atoms with Crippen LogP contribution in [0.2, 0.25) is 0 Å². The van der Waals surface area contributed by atoms with Crippen molar-refractivity contribution >= 4 is 11.5 Å². The van der Waals surface area contributed by atoms with Crippen LogP contribution in [0.5, 0.6) is 0 Å². The molecule has 6 nitrogen and oxygen atoms in total. The highest BCUT2D eigenvalue weighted by molar-refractivity contribution is 5.50. The van der Waals surface area contributed by atoms with Gasteiger partial charge >= 0.3 is 0 Å². The summed E-state index contributed by atoms with van der Waals surface area (Å²) < 4.78 is 1.60. The zero-order chi connectivity index (χ0) is 18.2. The zero-order valence-corrected chi connectivity index (χ0v) is 16.0. The summed E-state index contributed by atoms with van der Waals surface area (Å²) in [5.41, 5.74) is 0.727. The first-order valence-electron chi connectivity index (χ1n) is 10.5. The molecule has 0 radical (unpaired) electrons. The summed E-state index contributed by atoms with van der Waals surface area (Å²) in [7, 11) is 0. The molecule has 144 valence electrons. The van der Waals surface area contributed by atoms with Crippen LogP contribution >= 0.6 is 0 Å². The van der Waals surface area contributed by atoms with Crippen LogP contribution in [0.1, 0.15) is 32.1 Å². The summed E-state index contributed by atoms with van der Waals surface area (Å²) in [5, 5.41) is 0. The average molecular weight is 367 g/mol. The number of pyridine rings is 1. The fourth-order valence-electron chi connectivity index (χ4n) is 4.99. The molecule has 5 rings (SSSR count). The van der Waals surface area contributed by atoms with E-state index in [4.69, 9.17) is 0 Å². The van der Waals surface area contributed by atoms with Gasteiger partial charge in [-0.2, -0.15) is 0 Å². The average Bonchev–Trinajstić information content (AvgIpc) is 2.68. The lowest BCUT2D eigenvalue weighted by molar-refractivity contribution is 0.0487. The lowest BCUT2D eigenvalue weighted by Gasteiger charge is -2.49. The van der Waals surface area contributed by atoms with Gasteiger partial charge in [0.2, 0.25) is 0 Å². The van der Waals surface area contributed by atoms with E-state index in [1.54, 1.807) is 16.7 Å². The highest BCUT2D eigenvalue weighted by Gasteiger charge is 2.35. The van der Waals surface area contributed by atoms with Gasteiger partial charge in [0.1, 0.15) is 11.5 Å². The number of fused-ring (bicyclic) bond motifs is 1. The Hall–Kier alpha value is -1.92. The molecule has 4 heterocycles. The molecule has 0 unspecified atom stereocenters. The molecule has 1 saturated carbocycles. The summed E-state index contributed by atoms with van der Waals surface area (Å²) in [6.07, 6.45) is 8.85. The molecular formula is C21H29N5O. The van der Waals surface area contributed by atoms with Crippen molar-refractivity contribution in [2.45, 2.75) is 44.2 Å². The molecular weight excluding hydrogens is 338 g/mol. The van der Waals surface area contributed by atoms with Crippen LogP contribution in [0, 0.1) is 0 Å². The molecule has 0 N–H and O–H groups in total. The molecule has 6 heteroatoms. The standard InChI is InChI=1S/C21H29N5O/c27-21-14-20(22-19-8-4-5-9-26(19)21)25-15-18(16-25)24-12-10-23(11-13-24)17-6-2-1-3-7-17/h4-5,8-9,14,17-18H,1-3,6-7,10-13,15-16H2. The van der Waals surface area contributed by atoms with E-state index in [0.717, 1.165) is 30.6 Å². The Bertz CT molecular complexity index is 845. The maximum Gasteiger partial charge on any atom is 0.259 e. The van der Waals surface area contributed by atoms with Crippen molar-refractivity contribution in [2.75, 3.05) is 44.2 Å². The quantitative estimate of drug-likeness (QED) is 0.828. The van der Waals surface area contributed by atoms with E-state index in [9.17, 15) is 4.79 Å². The molecule has 27 heavy (non-hydrogen) atoms. The van der Waals surface area contributed by atoms with Crippen LogP contribution < -0.4 is 10.5 Å². The summed E-state index contributed by atoms with van der Waals surface area (Å²) in [6, 6.07) is 8.80. The third-order valence-electron chi connectivity index (χ3n) is 6.70. The Kier molecular flexibility index (Phi) is 4.61. The molecule has 0 aromatic carbocycles. The summed E-state index contributed by atoms with van der Waals surface area (Å²) in [4.78, 5) is 24.6. The van der Waals surface area contributed by atoms with Crippen molar-refractivity contribution < 1.29 is 0 Å². The molecule has 2 aromatic heterocycles.